The van der Waals surface area contributed by atoms with Crippen LogP contribution >= 0.6 is 23.2 Å². The molecule has 0 bridgehead atoms. The van der Waals surface area contributed by atoms with E-state index in [9.17, 15) is 4.79 Å². The van der Waals surface area contributed by atoms with Crippen molar-refractivity contribution in [2.24, 2.45) is 0 Å². The fourth-order valence-corrected chi connectivity index (χ4v) is 3.54. The standard InChI is InChI=1S/C21H22Cl2N2O2/c1-27-17-8-5-16(6-9-17)7-10-21(26)25-13-11-24(12-14-25)15-18-19(22)3-2-4-20(18)23/h2-10H,11-15H2,1H3/b10-7+. The van der Waals surface area contributed by atoms with Crippen LogP contribution in [0.3, 0.4) is 0 Å². The fraction of sp³-hybridized carbons (Fsp3) is 0.286. The topological polar surface area (TPSA) is 32.8 Å². The van der Waals surface area contributed by atoms with Gasteiger partial charge in [-0.2, -0.15) is 0 Å². The second kappa shape index (κ2) is 9.27. The van der Waals surface area contributed by atoms with Gasteiger partial charge in [0.05, 0.1) is 7.11 Å². The van der Waals surface area contributed by atoms with E-state index >= 15 is 0 Å². The minimum atomic E-state index is 0.0289. The Morgan fingerprint density at radius 1 is 1.04 bits per heavy atom. The Morgan fingerprint density at radius 2 is 1.67 bits per heavy atom. The van der Waals surface area contributed by atoms with Crippen LogP contribution in [-0.2, 0) is 11.3 Å². The molecule has 3 rings (SSSR count). The first-order valence-corrected chi connectivity index (χ1v) is 9.58. The van der Waals surface area contributed by atoms with Gasteiger partial charge in [-0.05, 0) is 35.9 Å². The van der Waals surface area contributed by atoms with Crippen molar-refractivity contribution in [2.75, 3.05) is 33.3 Å². The molecule has 0 spiro atoms. The highest BCUT2D eigenvalue weighted by Gasteiger charge is 2.21. The van der Waals surface area contributed by atoms with E-state index in [1.807, 2.05) is 53.4 Å². The van der Waals surface area contributed by atoms with Crippen LogP contribution in [0.5, 0.6) is 5.75 Å². The molecule has 1 saturated heterocycles. The highest BCUT2D eigenvalue weighted by Crippen LogP contribution is 2.26. The number of rotatable bonds is 5. The van der Waals surface area contributed by atoms with Crippen LogP contribution in [0.25, 0.3) is 6.08 Å². The van der Waals surface area contributed by atoms with Crippen LogP contribution in [-0.4, -0.2) is 49.0 Å². The number of hydrogen-bond donors (Lipinski definition) is 0. The lowest BCUT2D eigenvalue weighted by molar-refractivity contribution is -0.127. The molecule has 1 fully saturated rings. The SMILES string of the molecule is COc1ccc(/C=C/C(=O)N2CCN(Cc3c(Cl)cccc3Cl)CC2)cc1. The van der Waals surface area contributed by atoms with Gasteiger partial charge in [-0.25, -0.2) is 0 Å². The number of nitrogens with zero attached hydrogens (tertiary/aromatic N) is 2. The van der Waals surface area contributed by atoms with Crippen LogP contribution < -0.4 is 4.74 Å². The maximum atomic E-state index is 12.4. The molecule has 0 aliphatic carbocycles. The number of benzene rings is 2. The van der Waals surface area contributed by atoms with Crippen LogP contribution in [0.4, 0.5) is 0 Å². The van der Waals surface area contributed by atoms with Crippen molar-refractivity contribution in [3.8, 4) is 5.75 Å². The summed E-state index contributed by atoms with van der Waals surface area (Å²) in [5.41, 5.74) is 1.91. The van der Waals surface area contributed by atoms with Crippen molar-refractivity contribution in [2.45, 2.75) is 6.54 Å². The summed E-state index contributed by atoms with van der Waals surface area (Å²) in [4.78, 5) is 16.6. The number of carbonyl (C=O) groups is 1. The van der Waals surface area contributed by atoms with Crippen molar-refractivity contribution >= 4 is 35.2 Å². The second-order valence-electron chi connectivity index (χ2n) is 6.41. The van der Waals surface area contributed by atoms with E-state index in [0.29, 0.717) is 29.7 Å². The van der Waals surface area contributed by atoms with Gasteiger partial charge in [0.15, 0.2) is 0 Å². The van der Waals surface area contributed by atoms with E-state index in [0.717, 1.165) is 30.0 Å². The van der Waals surface area contributed by atoms with Gasteiger partial charge >= 0.3 is 0 Å². The minimum Gasteiger partial charge on any atom is -0.497 e. The quantitative estimate of drug-likeness (QED) is 0.693. The number of piperazine rings is 1. The molecule has 1 aliphatic heterocycles. The smallest absolute Gasteiger partial charge is 0.246 e. The predicted molar refractivity (Wildman–Crippen MR) is 110 cm³/mol. The summed E-state index contributed by atoms with van der Waals surface area (Å²) in [6, 6.07) is 13.2. The number of methoxy groups -OCH3 is 1. The Bertz CT molecular complexity index is 793. The van der Waals surface area contributed by atoms with E-state index in [-0.39, 0.29) is 5.91 Å². The molecule has 4 nitrogen and oxygen atoms in total. The average Bonchev–Trinajstić information content (AvgIpc) is 2.70. The van der Waals surface area contributed by atoms with Crippen LogP contribution in [0, 0.1) is 0 Å². The van der Waals surface area contributed by atoms with Gasteiger partial charge in [0.25, 0.3) is 0 Å². The third kappa shape index (κ3) is 5.25. The van der Waals surface area contributed by atoms with Gasteiger partial charge in [-0.1, -0.05) is 41.4 Å². The van der Waals surface area contributed by atoms with Gasteiger partial charge in [0.1, 0.15) is 5.75 Å². The van der Waals surface area contributed by atoms with Crippen molar-refractivity contribution in [1.29, 1.82) is 0 Å². The van der Waals surface area contributed by atoms with Crippen LogP contribution in [0.15, 0.2) is 48.5 Å². The number of ether oxygens (including phenoxy) is 1. The van der Waals surface area contributed by atoms with Gasteiger partial charge in [-0.3, -0.25) is 9.69 Å². The van der Waals surface area contributed by atoms with Crippen molar-refractivity contribution in [1.82, 2.24) is 9.80 Å². The van der Waals surface area contributed by atoms with Crippen LogP contribution in [0.1, 0.15) is 11.1 Å². The summed E-state index contributed by atoms with van der Waals surface area (Å²) in [5, 5.41) is 1.37. The van der Waals surface area contributed by atoms with E-state index in [1.54, 1.807) is 13.2 Å². The summed E-state index contributed by atoms with van der Waals surface area (Å²) < 4.78 is 5.14. The van der Waals surface area contributed by atoms with Gasteiger partial charge in [-0.15, -0.1) is 0 Å². The summed E-state index contributed by atoms with van der Waals surface area (Å²) in [6.07, 6.45) is 3.46. The Hall–Kier alpha value is -2.01. The molecule has 0 aromatic heterocycles. The maximum Gasteiger partial charge on any atom is 0.246 e. The molecule has 0 unspecified atom stereocenters. The molecule has 1 amide bonds. The largest absolute Gasteiger partial charge is 0.497 e. The number of amides is 1. The lowest BCUT2D eigenvalue weighted by atomic mass is 10.2. The van der Waals surface area contributed by atoms with E-state index < -0.39 is 0 Å². The Balaban J connectivity index is 1.52. The van der Waals surface area contributed by atoms with E-state index in [1.165, 1.54) is 0 Å². The molecule has 6 heteroatoms. The monoisotopic (exact) mass is 404 g/mol. The van der Waals surface area contributed by atoms with Crippen molar-refractivity contribution < 1.29 is 9.53 Å². The van der Waals surface area contributed by atoms with Crippen LogP contribution in [0.2, 0.25) is 10.0 Å². The summed E-state index contributed by atoms with van der Waals surface area (Å²) in [7, 11) is 1.63. The molecule has 2 aromatic carbocycles. The Labute approximate surface area is 169 Å². The lowest BCUT2D eigenvalue weighted by Gasteiger charge is -2.34. The number of hydrogen-bond acceptors (Lipinski definition) is 3. The zero-order chi connectivity index (χ0) is 19.2. The molecule has 1 aliphatic rings. The first-order chi connectivity index (χ1) is 13.1. The van der Waals surface area contributed by atoms with Gasteiger partial charge in [0, 0.05) is 54.4 Å². The zero-order valence-electron chi connectivity index (χ0n) is 15.2. The molecule has 0 saturated carbocycles. The Kier molecular flexibility index (Phi) is 6.78. The Morgan fingerprint density at radius 3 is 2.26 bits per heavy atom. The molecular weight excluding hydrogens is 383 g/mol. The maximum absolute atomic E-state index is 12.4. The fourth-order valence-electron chi connectivity index (χ4n) is 3.02. The normalized spacial score (nSPS) is 15.3. The molecule has 0 atom stereocenters. The molecule has 0 N–H and O–H groups in total. The van der Waals surface area contributed by atoms with Gasteiger partial charge < -0.3 is 9.64 Å². The first kappa shape index (κ1) is 19.7. The third-order valence-electron chi connectivity index (χ3n) is 4.66. The molecule has 27 heavy (non-hydrogen) atoms. The van der Waals surface area contributed by atoms with Crippen molar-refractivity contribution in [3.63, 3.8) is 0 Å². The molecule has 0 radical (unpaired) electrons. The highest BCUT2D eigenvalue weighted by molar-refractivity contribution is 6.35. The number of halogens is 2. The van der Waals surface area contributed by atoms with E-state index in [4.69, 9.17) is 27.9 Å². The zero-order valence-corrected chi connectivity index (χ0v) is 16.7. The summed E-state index contributed by atoms with van der Waals surface area (Å²) in [5.74, 6) is 0.828. The highest BCUT2D eigenvalue weighted by atomic mass is 35.5. The summed E-state index contributed by atoms with van der Waals surface area (Å²) in [6.45, 7) is 3.66. The predicted octanol–water partition coefficient (Wildman–Crippen LogP) is 4.36. The number of carbonyl (C=O) groups excluding carboxylic acids is 1. The third-order valence-corrected chi connectivity index (χ3v) is 5.37. The first-order valence-electron chi connectivity index (χ1n) is 8.83. The molecule has 1 heterocycles. The average molecular weight is 405 g/mol. The van der Waals surface area contributed by atoms with Crippen molar-refractivity contribution in [3.05, 3.63) is 69.7 Å². The summed E-state index contributed by atoms with van der Waals surface area (Å²) >= 11 is 12.5. The minimum absolute atomic E-state index is 0.0289. The second-order valence-corrected chi connectivity index (χ2v) is 7.22. The van der Waals surface area contributed by atoms with Gasteiger partial charge in [0.2, 0.25) is 5.91 Å². The lowest BCUT2D eigenvalue weighted by Crippen LogP contribution is -2.47. The molecule has 2 aromatic rings. The molecular formula is C21H22Cl2N2O2. The molecule has 142 valence electrons. The van der Waals surface area contributed by atoms with E-state index in [2.05, 4.69) is 4.90 Å².